The van der Waals surface area contributed by atoms with E-state index in [0.29, 0.717) is 36.6 Å². The predicted molar refractivity (Wildman–Crippen MR) is 176 cm³/mol. The minimum absolute atomic E-state index is 0.0548. The van der Waals surface area contributed by atoms with Gasteiger partial charge >= 0.3 is 0 Å². The maximum absolute atomic E-state index is 14.8. The number of hydrogen-bond donors (Lipinski definition) is 1. The largest absolute Gasteiger partial charge is 0.396 e. The second-order valence-corrected chi connectivity index (χ2v) is 14.5. The van der Waals surface area contributed by atoms with Gasteiger partial charge in [-0.2, -0.15) is 0 Å². The number of hydrogen-bond acceptors (Lipinski definition) is 5. The molecule has 228 valence electrons. The summed E-state index contributed by atoms with van der Waals surface area (Å²) in [6.45, 7) is 10.7. The van der Waals surface area contributed by atoms with Crippen molar-refractivity contribution in [1.82, 2.24) is 9.80 Å². The van der Waals surface area contributed by atoms with Gasteiger partial charge in [0, 0.05) is 42.9 Å². The number of benzene rings is 2. The molecule has 3 saturated heterocycles. The molecule has 3 heterocycles. The summed E-state index contributed by atoms with van der Waals surface area (Å²) in [4.78, 5) is 48.5. The van der Waals surface area contributed by atoms with Gasteiger partial charge in [-0.15, -0.1) is 24.9 Å². The molecule has 0 aromatic heterocycles. The molecule has 2 aromatic carbocycles. The highest BCUT2D eigenvalue weighted by molar-refractivity contribution is 9.09. The molecule has 2 aromatic rings. The van der Waals surface area contributed by atoms with Crippen LogP contribution in [0.1, 0.15) is 24.0 Å². The Labute approximate surface area is 271 Å². The third-order valence-corrected chi connectivity index (χ3v) is 12.3. The molecule has 3 fully saturated rings. The lowest BCUT2D eigenvalue weighted by molar-refractivity contribution is -0.144. The lowest BCUT2D eigenvalue weighted by Crippen LogP contribution is -2.56. The van der Waals surface area contributed by atoms with Gasteiger partial charge in [0.2, 0.25) is 11.8 Å². The van der Waals surface area contributed by atoms with Gasteiger partial charge in [0.05, 0.1) is 27.3 Å². The highest BCUT2D eigenvalue weighted by Crippen LogP contribution is 2.68. The molecule has 1 spiro atoms. The van der Waals surface area contributed by atoms with Gasteiger partial charge in [-0.05, 0) is 37.0 Å². The molecule has 10 heteroatoms. The number of aryl methyl sites for hydroxylation is 1. The molecular weight excluding hydrogens is 650 g/mol. The fourth-order valence-corrected chi connectivity index (χ4v) is 11.0. The number of likely N-dealkylation sites (tertiary alicyclic amines) is 1. The van der Waals surface area contributed by atoms with Crippen molar-refractivity contribution in [1.29, 1.82) is 0 Å². The standard InChI is InChI=1S/C33H37BrClN3O4S/c1-4-15-36(20-22-12-7-6-8-13-22)30(40)25-26-31(41)38(17-10-18-39)29(33(26)19-23(34)28(25)43-33)32(42)37(16-5-2)27-21(3)11-9-14-24(27)35/h4-9,11-14,23,25-26,28-29,39H,1-2,10,15-20H2,3H3/t23?,25-,26+,28-,29?,33?/m1/s1. The smallest absolute Gasteiger partial charge is 0.251 e. The van der Waals surface area contributed by atoms with Gasteiger partial charge in [0.15, 0.2) is 0 Å². The Morgan fingerprint density at radius 2 is 1.86 bits per heavy atom. The van der Waals surface area contributed by atoms with Crippen molar-refractivity contribution in [2.45, 2.75) is 47.2 Å². The zero-order chi connectivity index (χ0) is 30.9. The van der Waals surface area contributed by atoms with Gasteiger partial charge in [-0.25, -0.2) is 0 Å². The first-order valence-electron chi connectivity index (χ1n) is 14.5. The van der Waals surface area contributed by atoms with Crippen LogP contribution in [-0.2, 0) is 20.9 Å². The Balaban J connectivity index is 1.57. The van der Waals surface area contributed by atoms with Crippen LogP contribution >= 0.6 is 39.3 Å². The fraction of sp³-hybridized carbons (Fsp3) is 0.424. The average Bonchev–Trinajstić information content (AvgIpc) is 3.58. The van der Waals surface area contributed by atoms with E-state index in [2.05, 4.69) is 29.1 Å². The second-order valence-electron chi connectivity index (χ2n) is 11.4. The number of aliphatic hydroxyl groups is 1. The number of amides is 3. The number of para-hydroxylation sites is 1. The molecule has 1 N–H and O–H groups in total. The van der Waals surface area contributed by atoms with Crippen molar-refractivity contribution in [2.75, 3.05) is 31.1 Å². The van der Waals surface area contributed by atoms with Crippen LogP contribution in [0.2, 0.25) is 5.02 Å². The molecular formula is C33H37BrClN3O4S. The summed E-state index contributed by atoms with van der Waals surface area (Å²) >= 11 is 12.1. The number of carbonyl (C=O) groups excluding carboxylic acids is 3. The van der Waals surface area contributed by atoms with E-state index >= 15 is 0 Å². The Morgan fingerprint density at radius 3 is 2.51 bits per heavy atom. The van der Waals surface area contributed by atoms with Crippen molar-refractivity contribution in [2.24, 2.45) is 11.8 Å². The summed E-state index contributed by atoms with van der Waals surface area (Å²) in [5.74, 6) is -1.84. The maximum atomic E-state index is 14.8. The number of nitrogens with zero attached hydrogens (tertiary/aromatic N) is 3. The first kappa shape index (κ1) is 31.8. The third kappa shape index (κ3) is 5.58. The molecule has 3 aliphatic rings. The topological polar surface area (TPSA) is 81.2 Å². The lowest BCUT2D eigenvalue weighted by atomic mass is 9.70. The molecule has 3 unspecified atom stereocenters. The Hall–Kier alpha value is -2.59. The van der Waals surface area contributed by atoms with Crippen LogP contribution in [0.25, 0.3) is 0 Å². The van der Waals surface area contributed by atoms with Crippen molar-refractivity contribution in [3.8, 4) is 0 Å². The Bertz CT molecular complexity index is 1390. The van der Waals surface area contributed by atoms with Gasteiger partial charge in [-0.3, -0.25) is 14.4 Å². The van der Waals surface area contributed by atoms with E-state index in [-0.39, 0.29) is 47.5 Å². The highest BCUT2D eigenvalue weighted by Gasteiger charge is 2.76. The molecule has 2 bridgehead atoms. The minimum atomic E-state index is -0.831. The van der Waals surface area contributed by atoms with Gasteiger partial charge in [0.25, 0.3) is 5.91 Å². The summed E-state index contributed by atoms with van der Waals surface area (Å²) in [6, 6.07) is 14.4. The molecule has 0 radical (unpaired) electrons. The molecule has 3 amide bonds. The van der Waals surface area contributed by atoms with Crippen LogP contribution < -0.4 is 4.90 Å². The molecule has 0 saturated carbocycles. The SMILES string of the molecule is C=CCN(Cc1ccccc1)C(=O)[C@H]1[C@@H]2SC3(CC2Br)C(C(=O)N(CC=C)c2c(C)cccc2Cl)N(CCCO)C(=O)[C@H]13. The third-order valence-electron chi connectivity index (χ3n) is 8.78. The molecule has 0 aliphatic carbocycles. The zero-order valence-corrected chi connectivity index (χ0v) is 27.4. The van der Waals surface area contributed by atoms with Crippen molar-refractivity contribution in [3.63, 3.8) is 0 Å². The number of fused-ring (bicyclic) bond motifs is 1. The second kappa shape index (κ2) is 13.2. The van der Waals surface area contributed by atoms with Crippen molar-refractivity contribution >= 4 is 62.7 Å². The average molecular weight is 687 g/mol. The summed E-state index contributed by atoms with van der Waals surface area (Å²) in [5.41, 5.74) is 2.41. The van der Waals surface area contributed by atoms with E-state index in [4.69, 9.17) is 11.6 Å². The molecule has 7 nitrogen and oxygen atoms in total. The van der Waals surface area contributed by atoms with E-state index in [1.165, 1.54) is 0 Å². The lowest BCUT2D eigenvalue weighted by Gasteiger charge is -2.39. The first-order chi connectivity index (χ1) is 20.7. The number of thioether (sulfide) groups is 1. The summed E-state index contributed by atoms with van der Waals surface area (Å²) in [6.07, 6.45) is 4.25. The van der Waals surface area contributed by atoms with E-state index in [1.54, 1.807) is 44.7 Å². The Kier molecular flexibility index (Phi) is 9.76. The number of aliphatic hydroxyl groups excluding tert-OH is 1. The van der Waals surface area contributed by atoms with Crippen LogP contribution in [-0.4, -0.2) is 79.7 Å². The number of alkyl halides is 1. The van der Waals surface area contributed by atoms with E-state index in [1.807, 2.05) is 49.4 Å². The molecule has 43 heavy (non-hydrogen) atoms. The van der Waals surface area contributed by atoms with Crippen molar-refractivity contribution in [3.05, 3.63) is 90.0 Å². The number of halogens is 2. The van der Waals surface area contributed by atoms with Crippen LogP contribution in [0.4, 0.5) is 5.69 Å². The zero-order valence-electron chi connectivity index (χ0n) is 24.2. The predicted octanol–water partition coefficient (Wildman–Crippen LogP) is 5.23. The Morgan fingerprint density at radius 1 is 1.14 bits per heavy atom. The quantitative estimate of drug-likeness (QED) is 0.245. The molecule has 3 aliphatic heterocycles. The van der Waals surface area contributed by atoms with Crippen LogP contribution in [0.15, 0.2) is 73.8 Å². The summed E-state index contributed by atoms with van der Waals surface area (Å²) < 4.78 is -0.816. The summed E-state index contributed by atoms with van der Waals surface area (Å²) in [5, 5.41) is 9.99. The van der Waals surface area contributed by atoms with Crippen LogP contribution in [0.3, 0.4) is 0 Å². The fourth-order valence-electron chi connectivity index (χ4n) is 7.11. The monoisotopic (exact) mass is 685 g/mol. The molecule has 6 atom stereocenters. The van der Waals surface area contributed by atoms with Gasteiger partial charge in [-0.1, -0.05) is 82.1 Å². The first-order valence-corrected chi connectivity index (χ1v) is 16.7. The van der Waals surface area contributed by atoms with Gasteiger partial charge in [0.1, 0.15) is 6.04 Å². The number of carbonyl (C=O) groups is 3. The van der Waals surface area contributed by atoms with E-state index < -0.39 is 22.6 Å². The normalized spacial score (nSPS) is 27.2. The van der Waals surface area contributed by atoms with Crippen LogP contribution in [0.5, 0.6) is 0 Å². The van der Waals surface area contributed by atoms with E-state index in [0.717, 1.165) is 11.1 Å². The van der Waals surface area contributed by atoms with E-state index in [9.17, 15) is 19.5 Å². The summed E-state index contributed by atoms with van der Waals surface area (Å²) in [7, 11) is 0. The maximum Gasteiger partial charge on any atom is 0.251 e. The highest BCUT2D eigenvalue weighted by atomic mass is 79.9. The van der Waals surface area contributed by atoms with Crippen molar-refractivity contribution < 1.29 is 19.5 Å². The number of rotatable bonds is 12. The number of anilines is 1. The van der Waals surface area contributed by atoms with Gasteiger partial charge < -0.3 is 19.8 Å². The molecule has 5 rings (SSSR count). The van der Waals surface area contributed by atoms with Crippen LogP contribution in [0, 0.1) is 18.8 Å². The minimum Gasteiger partial charge on any atom is -0.396 e.